The van der Waals surface area contributed by atoms with E-state index in [4.69, 9.17) is 28.4 Å². The molecule has 3 aromatic rings. The zero-order chi connectivity index (χ0) is 30.4. The zero-order valence-corrected chi connectivity index (χ0v) is 24.5. The number of benzene rings is 3. The van der Waals surface area contributed by atoms with Gasteiger partial charge in [0.1, 0.15) is 18.8 Å². The second-order valence-corrected chi connectivity index (χ2v) is 10.2. The summed E-state index contributed by atoms with van der Waals surface area (Å²) in [5.41, 5.74) is 1.05. The number of carbonyl (C=O) groups is 3. The Labute approximate surface area is 252 Å². The summed E-state index contributed by atoms with van der Waals surface area (Å²) in [6, 6.07) is 25.6. The molecule has 9 nitrogen and oxygen atoms in total. The molecule has 5 atom stereocenters. The zero-order valence-electron chi connectivity index (χ0n) is 24.5. The summed E-state index contributed by atoms with van der Waals surface area (Å²) >= 11 is 0. The summed E-state index contributed by atoms with van der Waals surface area (Å²) in [5, 5.41) is 0. The van der Waals surface area contributed by atoms with E-state index < -0.39 is 48.4 Å². The van der Waals surface area contributed by atoms with Gasteiger partial charge in [0, 0.05) is 12.5 Å². The fraction of sp³-hybridized carbons (Fsp3) is 0.382. The number of ether oxygens (including phenoxy) is 6. The van der Waals surface area contributed by atoms with Crippen LogP contribution in [0.15, 0.2) is 91.0 Å². The molecule has 1 fully saturated rings. The van der Waals surface area contributed by atoms with E-state index in [1.54, 1.807) is 97.9 Å². The van der Waals surface area contributed by atoms with Gasteiger partial charge < -0.3 is 28.4 Å². The number of hydrogen-bond acceptors (Lipinski definition) is 9. The third-order valence-corrected chi connectivity index (χ3v) is 7.05. The van der Waals surface area contributed by atoms with Crippen LogP contribution in [0.4, 0.5) is 0 Å². The molecule has 0 radical (unpaired) electrons. The minimum atomic E-state index is -1.13. The van der Waals surface area contributed by atoms with Crippen LogP contribution in [0.2, 0.25) is 0 Å². The number of hydrogen-bond donors (Lipinski definition) is 0. The molecular formula is C34H38O9. The molecular weight excluding hydrogens is 552 g/mol. The van der Waals surface area contributed by atoms with Crippen molar-refractivity contribution in [2.75, 3.05) is 26.4 Å². The first-order valence-electron chi connectivity index (χ1n) is 14.6. The van der Waals surface area contributed by atoms with Crippen LogP contribution >= 0.6 is 0 Å². The van der Waals surface area contributed by atoms with E-state index in [1.807, 2.05) is 0 Å². The van der Waals surface area contributed by atoms with Gasteiger partial charge in [-0.2, -0.15) is 0 Å². The molecule has 1 heterocycles. The van der Waals surface area contributed by atoms with Crippen LogP contribution in [0.1, 0.15) is 57.8 Å². The van der Waals surface area contributed by atoms with E-state index in [0.29, 0.717) is 23.3 Å². The molecule has 0 N–H and O–H groups in total. The van der Waals surface area contributed by atoms with Crippen LogP contribution in [0.3, 0.4) is 0 Å². The van der Waals surface area contributed by atoms with Crippen molar-refractivity contribution in [1.82, 2.24) is 0 Å². The Balaban J connectivity index is 1.57. The highest BCUT2D eigenvalue weighted by molar-refractivity contribution is 5.90. The largest absolute Gasteiger partial charge is 0.459 e. The Bertz CT molecular complexity index is 1280. The first-order valence-corrected chi connectivity index (χ1v) is 14.6. The number of carbonyl (C=O) groups excluding carboxylic acids is 3. The lowest BCUT2D eigenvalue weighted by molar-refractivity contribution is -0.288. The van der Waals surface area contributed by atoms with Gasteiger partial charge >= 0.3 is 17.9 Å². The highest BCUT2D eigenvalue weighted by Crippen LogP contribution is 2.33. The topological polar surface area (TPSA) is 107 Å². The van der Waals surface area contributed by atoms with Crippen LogP contribution in [-0.4, -0.2) is 68.9 Å². The number of esters is 3. The van der Waals surface area contributed by atoms with Crippen LogP contribution in [-0.2, 0) is 28.4 Å². The monoisotopic (exact) mass is 590 g/mol. The molecule has 43 heavy (non-hydrogen) atoms. The SMILES string of the molecule is CCCCOCCOC1OC(COC(=O)c2ccccc2)C(C)C(OC(=O)c2ccccc2)C1OC(=O)c1ccccc1. The summed E-state index contributed by atoms with van der Waals surface area (Å²) in [4.78, 5) is 39.1. The van der Waals surface area contributed by atoms with Gasteiger partial charge in [0.25, 0.3) is 0 Å². The molecule has 1 aliphatic rings. The third-order valence-electron chi connectivity index (χ3n) is 7.05. The van der Waals surface area contributed by atoms with Gasteiger partial charge in [-0.25, -0.2) is 14.4 Å². The molecule has 9 heteroatoms. The van der Waals surface area contributed by atoms with Gasteiger partial charge in [-0.05, 0) is 42.8 Å². The first kappa shape index (κ1) is 31.9. The van der Waals surface area contributed by atoms with Crippen molar-refractivity contribution in [3.05, 3.63) is 108 Å². The third kappa shape index (κ3) is 9.22. The van der Waals surface area contributed by atoms with Crippen molar-refractivity contribution in [3.63, 3.8) is 0 Å². The molecule has 0 bridgehead atoms. The average molecular weight is 591 g/mol. The summed E-state index contributed by atoms with van der Waals surface area (Å²) in [6.07, 6.45) is -2.06. The van der Waals surface area contributed by atoms with Crippen molar-refractivity contribution in [2.24, 2.45) is 5.92 Å². The maximum atomic E-state index is 13.2. The molecule has 3 aromatic carbocycles. The van der Waals surface area contributed by atoms with E-state index in [0.717, 1.165) is 12.8 Å². The molecule has 0 aromatic heterocycles. The van der Waals surface area contributed by atoms with Gasteiger partial charge in [-0.3, -0.25) is 0 Å². The van der Waals surface area contributed by atoms with Crippen molar-refractivity contribution >= 4 is 17.9 Å². The maximum Gasteiger partial charge on any atom is 0.338 e. The van der Waals surface area contributed by atoms with Crippen LogP contribution in [0.5, 0.6) is 0 Å². The molecule has 4 rings (SSSR count). The molecule has 0 saturated carbocycles. The summed E-state index contributed by atoms with van der Waals surface area (Å²) in [5.74, 6) is -2.29. The lowest BCUT2D eigenvalue weighted by Gasteiger charge is -2.44. The molecule has 1 saturated heterocycles. The molecule has 5 unspecified atom stereocenters. The molecule has 1 aliphatic heterocycles. The molecule has 228 valence electrons. The second-order valence-electron chi connectivity index (χ2n) is 10.2. The van der Waals surface area contributed by atoms with E-state index in [1.165, 1.54) is 0 Å². The van der Waals surface area contributed by atoms with Crippen molar-refractivity contribution < 1.29 is 42.8 Å². The number of unbranched alkanes of at least 4 members (excludes halogenated alkanes) is 1. The maximum absolute atomic E-state index is 13.2. The minimum absolute atomic E-state index is 0.137. The highest BCUT2D eigenvalue weighted by Gasteiger charge is 2.49. The fourth-order valence-electron chi connectivity index (χ4n) is 4.58. The minimum Gasteiger partial charge on any atom is -0.459 e. The van der Waals surface area contributed by atoms with Gasteiger partial charge in [0.2, 0.25) is 0 Å². The fourth-order valence-corrected chi connectivity index (χ4v) is 4.58. The van der Waals surface area contributed by atoms with E-state index >= 15 is 0 Å². The van der Waals surface area contributed by atoms with Gasteiger partial charge in [-0.15, -0.1) is 0 Å². The van der Waals surface area contributed by atoms with E-state index in [-0.39, 0.29) is 19.8 Å². The smallest absolute Gasteiger partial charge is 0.338 e. The van der Waals surface area contributed by atoms with Crippen molar-refractivity contribution in [1.29, 1.82) is 0 Å². The lowest BCUT2D eigenvalue weighted by Crippen LogP contribution is -2.58. The normalized spacial score (nSPS) is 21.5. The van der Waals surface area contributed by atoms with Crippen molar-refractivity contribution in [3.8, 4) is 0 Å². The van der Waals surface area contributed by atoms with E-state index in [9.17, 15) is 14.4 Å². The Morgan fingerprint density at radius 2 is 1.19 bits per heavy atom. The van der Waals surface area contributed by atoms with Crippen LogP contribution < -0.4 is 0 Å². The second kappa shape index (κ2) is 16.6. The molecule has 0 spiro atoms. The standard InChI is InChI=1S/C34H38O9/c1-3-4-20-38-21-22-39-34-30(43-33(37)27-18-12-7-13-19-27)29(42-32(36)26-16-10-6-11-17-26)24(2)28(41-34)23-40-31(35)25-14-8-5-9-15-25/h5-19,24,28-30,34H,3-4,20-23H2,1-2H3. The number of rotatable bonds is 14. The Morgan fingerprint density at radius 1 is 0.674 bits per heavy atom. The summed E-state index contributed by atoms with van der Waals surface area (Å²) < 4.78 is 35.5. The van der Waals surface area contributed by atoms with Crippen LogP contribution in [0, 0.1) is 5.92 Å². The Morgan fingerprint density at radius 3 is 1.72 bits per heavy atom. The van der Waals surface area contributed by atoms with Gasteiger partial charge in [-0.1, -0.05) is 74.9 Å². The quantitative estimate of drug-likeness (QED) is 0.137. The predicted octanol–water partition coefficient (Wildman–Crippen LogP) is 5.49. The Kier molecular flexibility index (Phi) is 12.3. The lowest BCUT2D eigenvalue weighted by atomic mass is 9.90. The highest BCUT2D eigenvalue weighted by atomic mass is 16.7. The predicted molar refractivity (Wildman–Crippen MR) is 158 cm³/mol. The summed E-state index contributed by atoms with van der Waals surface area (Å²) in [6.45, 7) is 4.74. The van der Waals surface area contributed by atoms with Gasteiger partial charge in [0.15, 0.2) is 12.4 Å². The molecule has 0 amide bonds. The summed E-state index contributed by atoms with van der Waals surface area (Å²) in [7, 11) is 0. The first-order chi connectivity index (χ1) is 21.0. The van der Waals surface area contributed by atoms with Gasteiger partial charge in [0.05, 0.1) is 29.9 Å². The van der Waals surface area contributed by atoms with Crippen LogP contribution in [0.25, 0.3) is 0 Å². The van der Waals surface area contributed by atoms with Crippen molar-refractivity contribution in [2.45, 2.75) is 51.3 Å². The Hall–Kier alpha value is -4.05. The molecule has 0 aliphatic carbocycles. The van der Waals surface area contributed by atoms with E-state index in [2.05, 4.69) is 6.92 Å². The average Bonchev–Trinajstić information content (AvgIpc) is 3.05.